The van der Waals surface area contributed by atoms with Crippen LogP contribution in [-0.2, 0) is 17.6 Å². The van der Waals surface area contributed by atoms with Crippen LogP contribution in [-0.4, -0.2) is 23.0 Å². The third-order valence-corrected chi connectivity index (χ3v) is 6.89. The van der Waals surface area contributed by atoms with Gasteiger partial charge in [0.15, 0.2) is 11.9 Å². The first kappa shape index (κ1) is 25.2. The van der Waals surface area contributed by atoms with E-state index < -0.39 is 12.1 Å². The summed E-state index contributed by atoms with van der Waals surface area (Å²) in [4.78, 5) is 25.5. The van der Waals surface area contributed by atoms with Crippen molar-refractivity contribution < 1.29 is 23.8 Å². The number of furan rings is 1. The molecule has 0 saturated heterocycles. The fourth-order valence-corrected chi connectivity index (χ4v) is 5.33. The average molecular weight is 600 g/mol. The predicted octanol–water partition coefficient (Wildman–Crippen LogP) is 7.61. The van der Waals surface area contributed by atoms with Crippen molar-refractivity contribution in [2.75, 3.05) is 0 Å². The number of rotatable bonds is 10. The summed E-state index contributed by atoms with van der Waals surface area (Å²) in [7, 11) is 0. The molecule has 1 aromatic heterocycles. The molecule has 0 aliphatic rings. The van der Waals surface area contributed by atoms with Crippen LogP contribution < -0.4 is 4.74 Å². The van der Waals surface area contributed by atoms with Crippen LogP contribution in [0.25, 0.3) is 11.0 Å². The highest BCUT2D eigenvalue weighted by molar-refractivity contribution is 9.11. The number of hydrogen-bond acceptors (Lipinski definition) is 4. The minimum absolute atomic E-state index is 0.159. The van der Waals surface area contributed by atoms with Crippen LogP contribution in [0.15, 0.2) is 80.1 Å². The van der Waals surface area contributed by atoms with Crippen molar-refractivity contribution in [1.29, 1.82) is 0 Å². The van der Waals surface area contributed by atoms with Crippen LogP contribution in [0.2, 0.25) is 0 Å². The molecule has 0 fully saturated rings. The molecule has 0 radical (unpaired) electrons. The molecule has 0 aliphatic carbocycles. The molecule has 1 N–H and O–H groups in total. The lowest BCUT2D eigenvalue weighted by molar-refractivity contribution is -0.145. The average Bonchev–Trinajstić information content (AvgIpc) is 3.22. The smallest absolute Gasteiger partial charge is 0.345 e. The van der Waals surface area contributed by atoms with E-state index in [2.05, 4.69) is 38.8 Å². The Morgan fingerprint density at radius 3 is 2.31 bits per heavy atom. The third kappa shape index (κ3) is 5.68. The van der Waals surface area contributed by atoms with Crippen molar-refractivity contribution in [2.24, 2.45) is 0 Å². The van der Waals surface area contributed by atoms with Gasteiger partial charge < -0.3 is 14.3 Å². The van der Waals surface area contributed by atoms with E-state index in [-0.39, 0.29) is 12.2 Å². The molecule has 1 atom stereocenters. The molecule has 0 amide bonds. The molecule has 35 heavy (non-hydrogen) atoms. The molecule has 180 valence electrons. The molecule has 1 unspecified atom stereocenters. The molecule has 0 bridgehead atoms. The maximum Gasteiger partial charge on any atom is 0.345 e. The normalized spacial score (nSPS) is 12.0. The second-order valence-electron chi connectivity index (χ2n) is 8.23. The number of carboxylic acids is 1. The number of hydrogen-bond donors (Lipinski definition) is 1. The van der Waals surface area contributed by atoms with Crippen molar-refractivity contribution in [3.63, 3.8) is 0 Å². The van der Waals surface area contributed by atoms with E-state index in [0.29, 0.717) is 43.6 Å². The minimum atomic E-state index is -1.09. The van der Waals surface area contributed by atoms with Crippen molar-refractivity contribution in [3.05, 3.63) is 98.1 Å². The fraction of sp³-hybridized carbons (Fsp3) is 0.214. The van der Waals surface area contributed by atoms with Gasteiger partial charge in [-0.2, -0.15) is 0 Å². The first-order valence-electron chi connectivity index (χ1n) is 11.4. The first-order chi connectivity index (χ1) is 16.9. The van der Waals surface area contributed by atoms with E-state index >= 15 is 0 Å². The molecule has 3 aromatic carbocycles. The van der Waals surface area contributed by atoms with Crippen LogP contribution in [0.5, 0.6) is 5.75 Å². The summed E-state index contributed by atoms with van der Waals surface area (Å²) in [5.41, 5.74) is 2.54. The van der Waals surface area contributed by atoms with Crippen LogP contribution in [0, 0.1) is 0 Å². The summed E-state index contributed by atoms with van der Waals surface area (Å²) in [6.45, 7) is 2.10. The van der Waals surface area contributed by atoms with Crippen molar-refractivity contribution in [2.45, 2.75) is 38.7 Å². The summed E-state index contributed by atoms with van der Waals surface area (Å²) < 4.78 is 12.9. The monoisotopic (exact) mass is 598 g/mol. The Morgan fingerprint density at radius 2 is 1.66 bits per heavy atom. The number of fused-ring (bicyclic) bond motifs is 1. The van der Waals surface area contributed by atoms with Gasteiger partial charge in [0, 0.05) is 23.8 Å². The van der Waals surface area contributed by atoms with E-state index in [1.54, 1.807) is 12.1 Å². The molecule has 1 heterocycles. The standard InChI is InChI=1S/C28H24Br2O5/c1-2-3-12-23-25(19-11-7-8-13-22(19)34-23)26(31)18-15-20(29)27(21(30)16-18)35-24(28(32)33)14-17-9-5-4-6-10-17/h4-11,13,15-16,24H,2-3,12,14H2,1H3,(H,32,33). The molecular formula is C28H24Br2O5. The molecule has 0 saturated carbocycles. The zero-order valence-electron chi connectivity index (χ0n) is 19.1. The zero-order chi connectivity index (χ0) is 24.9. The van der Waals surface area contributed by atoms with Gasteiger partial charge in [-0.25, -0.2) is 4.79 Å². The van der Waals surface area contributed by atoms with Gasteiger partial charge in [0.2, 0.25) is 0 Å². The second kappa shape index (κ2) is 11.2. The van der Waals surface area contributed by atoms with E-state index in [1.807, 2.05) is 54.6 Å². The molecule has 4 aromatic rings. The van der Waals surface area contributed by atoms with E-state index in [1.165, 1.54) is 0 Å². The molecule has 0 spiro atoms. The number of para-hydroxylation sites is 1. The van der Waals surface area contributed by atoms with Crippen LogP contribution in [0.1, 0.15) is 47.0 Å². The van der Waals surface area contributed by atoms with Crippen molar-refractivity contribution in [1.82, 2.24) is 0 Å². The number of ether oxygens (including phenoxy) is 1. The SMILES string of the molecule is CCCCc1oc2ccccc2c1C(=O)c1cc(Br)c(OC(Cc2ccccc2)C(=O)O)c(Br)c1. The Kier molecular flexibility index (Phi) is 8.08. The molecule has 4 rings (SSSR count). The Balaban J connectivity index is 1.66. The number of benzene rings is 3. The number of halogens is 2. The Labute approximate surface area is 220 Å². The van der Waals surface area contributed by atoms with Gasteiger partial charge in [-0.05, 0) is 62.0 Å². The summed E-state index contributed by atoms with van der Waals surface area (Å²) in [5.74, 6) is -0.223. The highest BCUT2D eigenvalue weighted by Gasteiger charge is 2.26. The highest BCUT2D eigenvalue weighted by Crippen LogP contribution is 2.38. The topological polar surface area (TPSA) is 76.7 Å². The Hall–Kier alpha value is -2.90. The quantitative estimate of drug-likeness (QED) is 0.190. The van der Waals surface area contributed by atoms with Gasteiger partial charge in [0.1, 0.15) is 17.1 Å². The van der Waals surface area contributed by atoms with Crippen molar-refractivity contribution in [3.8, 4) is 5.75 Å². The van der Waals surface area contributed by atoms with Crippen LogP contribution in [0.4, 0.5) is 0 Å². The third-order valence-electron chi connectivity index (χ3n) is 5.71. The number of unbranched alkanes of at least 4 members (excludes halogenated alkanes) is 1. The highest BCUT2D eigenvalue weighted by atomic mass is 79.9. The van der Waals surface area contributed by atoms with Crippen molar-refractivity contribution >= 4 is 54.6 Å². The number of aryl methyl sites for hydroxylation is 1. The lowest BCUT2D eigenvalue weighted by Crippen LogP contribution is -2.29. The lowest BCUT2D eigenvalue weighted by Gasteiger charge is -2.18. The lowest BCUT2D eigenvalue weighted by atomic mass is 9.98. The Bertz CT molecular complexity index is 1340. The van der Waals surface area contributed by atoms with Gasteiger partial charge in [0.05, 0.1) is 14.5 Å². The molecule has 7 heteroatoms. The molecule has 5 nitrogen and oxygen atoms in total. The van der Waals surface area contributed by atoms with E-state index in [4.69, 9.17) is 9.15 Å². The van der Waals surface area contributed by atoms with E-state index in [9.17, 15) is 14.7 Å². The molecule has 0 aliphatic heterocycles. The fourth-order valence-electron chi connectivity index (χ4n) is 3.96. The number of carboxylic acid groups (broad SMARTS) is 1. The summed E-state index contributed by atoms with van der Waals surface area (Å²) >= 11 is 6.96. The summed E-state index contributed by atoms with van der Waals surface area (Å²) in [6.07, 6.45) is 1.69. The molecular weight excluding hydrogens is 576 g/mol. The number of carbonyl (C=O) groups excluding carboxylic acids is 1. The maximum atomic E-state index is 13.7. The van der Waals surface area contributed by atoms with Gasteiger partial charge in [0.25, 0.3) is 0 Å². The largest absolute Gasteiger partial charge is 0.478 e. The predicted molar refractivity (Wildman–Crippen MR) is 142 cm³/mol. The van der Waals surface area contributed by atoms with E-state index in [0.717, 1.165) is 23.8 Å². The van der Waals surface area contributed by atoms with Crippen LogP contribution in [0.3, 0.4) is 0 Å². The van der Waals surface area contributed by atoms with Gasteiger partial charge in [-0.1, -0.05) is 61.9 Å². The van der Waals surface area contributed by atoms with Gasteiger partial charge in [-0.15, -0.1) is 0 Å². The van der Waals surface area contributed by atoms with Crippen LogP contribution >= 0.6 is 31.9 Å². The first-order valence-corrected chi connectivity index (χ1v) is 12.9. The maximum absolute atomic E-state index is 13.7. The minimum Gasteiger partial charge on any atom is -0.478 e. The van der Waals surface area contributed by atoms with Gasteiger partial charge in [-0.3, -0.25) is 4.79 Å². The second-order valence-corrected chi connectivity index (χ2v) is 9.94. The number of carbonyl (C=O) groups is 2. The van der Waals surface area contributed by atoms with Gasteiger partial charge >= 0.3 is 5.97 Å². The Morgan fingerprint density at radius 1 is 1.00 bits per heavy atom. The summed E-state index contributed by atoms with van der Waals surface area (Å²) in [6, 6.07) is 20.2. The zero-order valence-corrected chi connectivity index (χ0v) is 22.3. The summed E-state index contributed by atoms with van der Waals surface area (Å²) in [5, 5.41) is 10.5. The number of aliphatic carboxylic acids is 1. The number of ketones is 1.